The van der Waals surface area contributed by atoms with Crippen LogP contribution in [0.1, 0.15) is 24.8 Å². The molecule has 0 spiro atoms. The lowest BCUT2D eigenvalue weighted by Crippen LogP contribution is -2.31. The van der Waals surface area contributed by atoms with Crippen LogP contribution in [0.2, 0.25) is 0 Å². The predicted octanol–water partition coefficient (Wildman–Crippen LogP) is 2.93. The third kappa shape index (κ3) is 4.78. The maximum atomic E-state index is 3.53. The van der Waals surface area contributed by atoms with E-state index < -0.39 is 0 Å². The summed E-state index contributed by atoms with van der Waals surface area (Å²) in [5.74, 6) is 0.874. The van der Waals surface area contributed by atoms with Crippen molar-refractivity contribution in [3.63, 3.8) is 0 Å². The standard InChI is InChI=1S/C14H21BrN2/c15-14-5-1-3-13(9-14)11-17-8-6-12-4-2-7-16-10-12/h1,3,5,9,12,16-17H,2,4,6-8,10-11H2. The molecular weight excluding hydrogens is 276 g/mol. The summed E-state index contributed by atoms with van der Waals surface area (Å²) >= 11 is 3.50. The number of hydrogen-bond donors (Lipinski definition) is 2. The average Bonchev–Trinajstić information content (AvgIpc) is 2.36. The third-order valence-corrected chi connectivity index (χ3v) is 3.84. The van der Waals surface area contributed by atoms with Gasteiger partial charge in [-0.3, -0.25) is 0 Å². The summed E-state index contributed by atoms with van der Waals surface area (Å²) in [5, 5.41) is 6.99. The molecule has 1 fully saturated rings. The molecule has 1 aromatic rings. The van der Waals surface area contributed by atoms with Gasteiger partial charge in [0.2, 0.25) is 0 Å². The van der Waals surface area contributed by atoms with Crippen molar-refractivity contribution in [2.24, 2.45) is 5.92 Å². The molecule has 2 nitrogen and oxygen atoms in total. The molecule has 1 aliphatic rings. The summed E-state index contributed by atoms with van der Waals surface area (Å²) in [7, 11) is 0. The first-order valence-electron chi connectivity index (χ1n) is 6.50. The number of piperidine rings is 1. The van der Waals surface area contributed by atoms with Crippen molar-refractivity contribution in [1.29, 1.82) is 0 Å². The van der Waals surface area contributed by atoms with Gasteiger partial charge < -0.3 is 10.6 Å². The molecule has 0 amide bonds. The molecule has 0 aromatic heterocycles. The van der Waals surface area contributed by atoms with Gasteiger partial charge in [-0.15, -0.1) is 0 Å². The second-order valence-corrected chi connectivity index (χ2v) is 5.72. The van der Waals surface area contributed by atoms with Crippen LogP contribution in [0.25, 0.3) is 0 Å². The maximum Gasteiger partial charge on any atom is 0.0205 e. The largest absolute Gasteiger partial charge is 0.316 e. The van der Waals surface area contributed by atoms with Gasteiger partial charge in [0, 0.05) is 11.0 Å². The zero-order valence-corrected chi connectivity index (χ0v) is 11.8. The van der Waals surface area contributed by atoms with E-state index >= 15 is 0 Å². The lowest BCUT2D eigenvalue weighted by Gasteiger charge is -2.22. The van der Waals surface area contributed by atoms with Gasteiger partial charge in [-0.2, -0.15) is 0 Å². The Morgan fingerprint density at radius 3 is 3.12 bits per heavy atom. The number of halogens is 1. The second-order valence-electron chi connectivity index (χ2n) is 4.81. The van der Waals surface area contributed by atoms with Gasteiger partial charge in [-0.25, -0.2) is 0 Å². The summed E-state index contributed by atoms with van der Waals surface area (Å²) in [5.41, 5.74) is 1.35. The van der Waals surface area contributed by atoms with E-state index in [4.69, 9.17) is 0 Å². The minimum absolute atomic E-state index is 0.874. The maximum absolute atomic E-state index is 3.53. The summed E-state index contributed by atoms with van der Waals surface area (Å²) < 4.78 is 1.16. The third-order valence-electron chi connectivity index (χ3n) is 3.35. The highest BCUT2D eigenvalue weighted by Crippen LogP contribution is 2.14. The predicted molar refractivity (Wildman–Crippen MR) is 76.1 cm³/mol. The number of rotatable bonds is 5. The summed E-state index contributed by atoms with van der Waals surface area (Å²) in [6, 6.07) is 8.50. The van der Waals surface area contributed by atoms with Crippen LogP contribution in [-0.2, 0) is 6.54 Å². The molecular formula is C14H21BrN2. The Hall–Kier alpha value is -0.380. The lowest BCUT2D eigenvalue weighted by atomic mass is 9.96. The monoisotopic (exact) mass is 296 g/mol. The fraction of sp³-hybridized carbons (Fsp3) is 0.571. The molecule has 0 bridgehead atoms. The zero-order valence-electron chi connectivity index (χ0n) is 10.2. The molecule has 1 unspecified atom stereocenters. The normalized spacial score (nSPS) is 20.4. The van der Waals surface area contributed by atoms with Crippen molar-refractivity contribution in [1.82, 2.24) is 10.6 Å². The Kier molecular flexibility index (Phi) is 5.49. The average molecular weight is 297 g/mol. The van der Waals surface area contributed by atoms with Gasteiger partial charge in [-0.1, -0.05) is 28.1 Å². The second kappa shape index (κ2) is 7.14. The van der Waals surface area contributed by atoms with E-state index in [0.717, 1.165) is 23.5 Å². The van der Waals surface area contributed by atoms with Gasteiger partial charge >= 0.3 is 0 Å². The van der Waals surface area contributed by atoms with E-state index in [2.05, 4.69) is 50.8 Å². The molecule has 17 heavy (non-hydrogen) atoms. The minimum atomic E-state index is 0.874. The number of hydrogen-bond acceptors (Lipinski definition) is 2. The minimum Gasteiger partial charge on any atom is -0.316 e. The Bertz CT molecular complexity index is 335. The number of nitrogens with one attached hydrogen (secondary N) is 2. The van der Waals surface area contributed by atoms with Gasteiger partial charge in [0.15, 0.2) is 0 Å². The van der Waals surface area contributed by atoms with Gasteiger partial charge in [0.1, 0.15) is 0 Å². The lowest BCUT2D eigenvalue weighted by molar-refractivity contribution is 0.352. The molecule has 1 aromatic carbocycles. The highest BCUT2D eigenvalue weighted by Gasteiger charge is 2.11. The molecule has 1 saturated heterocycles. The van der Waals surface area contributed by atoms with Crippen LogP contribution < -0.4 is 10.6 Å². The van der Waals surface area contributed by atoms with E-state index in [1.54, 1.807) is 0 Å². The van der Waals surface area contributed by atoms with Crippen LogP contribution in [-0.4, -0.2) is 19.6 Å². The summed E-state index contributed by atoms with van der Waals surface area (Å²) in [6.07, 6.45) is 4.03. The highest BCUT2D eigenvalue weighted by molar-refractivity contribution is 9.10. The van der Waals surface area contributed by atoms with Crippen LogP contribution in [0.4, 0.5) is 0 Å². The van der Waals surface area contributed by atoms with Crippen molar-refractivity contribution in [3.05, 3.63) is 34.3 Å². The van der Waals surface area contributed by atoms with Crippen LogP contribution in [0.5, 0.6) is 0 Å². The van der Waals surface area contributed by atoms with Crippen LogP contribution >= 0.6 is 15.9 Å². The molecule has 1 heterocycles. The molecule has 2 N–H and O–H groups in total. The Balaban J connectivity index is 1.62. The first-order chi connectivity index (χ1) is 8.34. The van der Waals surface area contributed by atoms with Gasteiger partial charge in [0.25, 0.3) is 0 Å². The van der Waals surface area contributed by atoms with E-state index in [1.165, 1.54) is 37.9 Å². The smallest absolute Gasteiger partial charge is 0.0205 e. The SMILES string of the molecule is Brc1cccc(CNCCC2CCCNC2)c1. The zero-order chi connectivity index (χ0) is 11.9. The molecule has 1 atom stereocenters. The van der Waals surface area contributed by atoms with Crippen LogP contribution in [0.15, 0.2) is 28.7 Å². The van der Waals surface area contributed by atoms with Gasteiger partial charge in [0.05, 0.1) is 0 Å². The summed E-state index contributed by atoms with van der Waals surface area (Å²) in [4.78, 5) is 0. The Morgan fingerprint density at radius 1 is 1.41 bits per heavy atom. The first-order valence-corrected chi connectivity index (χ1v) is 7.30. The van der Waals surface area contributed by atoms with E-state index in [1.807, 2.05) is 0 Å². The molecule has 0 saturated carbocycles. The summed E-state index contributed by atoms with van der Waals surface area (Å²) in [6.45, 7) is 4.51. The molecule has 1 aliphatic heterocycles. The molecule has 3 heteroatoms. The Morgan fingerprint density at radius 2 is 2.35 bits per heavy atom. The topological polar surface area (TPSA) is 24.1 Å². The van der Waals surface area contributed by atoms with Crippen molar-refractivity contribution < 1.29 is 0 Å². The molecule has 94 valence electrons. The molecule has 0 radical (unpaired) electrons. The fourth-order valence-corrected chi connectivity index (χ4v) is 2.80. The van der Waals surface area contributed by atoms with Crippen LogP contribution in [0, 0.1) is 5.92 Å². The molecule has 2 rings (SSSR count). The van der Waals surface area contributed by atoms with Crippen molar-refractivity contribution in [3.8, 4) is 0 Å². The van der Waals surface area contributed by atoms with E-state index in [0.29, 0.717) is 0 Å². The highest BCUT2D eigenvalue weighted by atomic mass is 79.9. The van der Waals surface area contributed by atoms with Crippen molar-refractivity contribution >= 4 is 15.9 Å². The fourth-order valence-electron chi connectivity index (χ4n) is 2.36. The van der Waals surface area contributed by atoms with Crippen molar-refractivity contribution in [2.75, 3.05) is 19.6 Å². The quantitative estimate of drug-likeness (QED) is 0.817. The van der Waals surface area contributed by atoms with Crippen molar-refractivity contribution in [2.45, 2.75) is 25.8 Å². The number of benzene rings is 1. The first kappa shape index (κ1) is 13.1. The van der Waals surface area contributed by atoms with Gasteiger partial charge in [-0.05, 0) is 62.5 Å². The van der Waals surface area contributed by atoms with E-state index in [-0.39, 0.29) is 0 Å². The van der Waals surface area contributed by atoms with Crippen LogP contribution in [0.3, 0.4) is 0 Å². The van der Waals surface area contributed by atoms with E-state index in [9.17, 15) is 0 Å². The Labute approximate surface area is 112 Å². The molecule has 0 aliphatic carbocycles.